The second-order valence-corrected chi connectivity index (χ2v) is 5.33. The van der Waals surface area contributed by atoms with Crippen LogP contribution in [0.15, 0.2) is 24.3 Å². The fraction of sp³-hybridized carbons (Fsp3) is 0.571. The Bertz CT molecular complexity index is 299. The number of thioether (sulfide) groups is 1. The van der Waals surface area contributed by atoms with Gasteiger partial charge in [0.2, 0.25) is 0 Å². The van der Waals surface area contributed by atoms with Gasteiger partial charge in [0.05, 0.1) is 0 Å². The molecule has 0 bridgehead atoms. The molecule has 0 heterocycles. The average Bonchev–Trinajstić information content (AvgIpc) is 2.30. The number of aryl methyl sites for hydroxylation is 1. The first kappa shape index (κ1) is 13.6. The van der Waals surface area contributed by atoms with E-state index in [-0.39, 0.29) is 6.04 Å². The van der Waals surface area contributed by atoms with Crippen LogP contribution in [-0.2, 0) is 6.42 Å². The SMILES string of the molecule is CCCSCC(N)c1cccc(CCC)c1. The van der Waals surface area contributed by atoms with Gasteiger partial charge in [-0.05, 0) is 29.7 Å². The Morgan fingerprint density at radius 1 is 1.25 bits per heavy atom. The zero-order valence-electron chi connectivity index (χ0n) is 10.4. The lowest BCUT2D eigenvalue weighted by Gasteiger charge is -2.12. The van der Waals surface area contributed by atoms with Crippen molar-refractivity contribution in [2.24, 2.45) is 5.73 Å². The molecule has 2 heteroatoms. The van der Waals surface area contributed by atoms with Gasteiger partial charge in [-0.25, -0.2) is 0 Å². The molecule has 0 aromatic heterocycles. The summed E-state index contributed by atoms with van der Waals surface area (Å²) in [4.78, 5) is 0. The molecule has 1 aromatic carbocycles. The van der Waals surface area contributed by atoms with E-state index < -0.39 is 0 Å². The number of benzene rings is 1. The van der Waals surface area contributed by atoms with E-state index in [1.807, 2.05) is 11.8 Å². The van der Waals surface area contributed by atoms with Crippen molar-refractivity contribution >= 4 is 11.8 Å². The van der Waals surface area contributed by atoms with Crippen LogP contribution in [0.4, 0.5) is 0 Å². The molecule has 0 aliphatic rings. The minimum absolute atomic E-state index is 0.188. The monoisotopic (exact) mass is 237 g/mol. The van der Waals surface area contributed by atoms with Crippen LogP contribution in [0.3, 0.4) is 0 Å². The first-order valence-electron chi connectivity index (χ1n) is 6.20. The summed E-state index contributed by atoms with van der Waals surface area (Å²) < 4.78 is 0. The zero-order valence-corrected chi connectivity index (χ0v) is 11.2. The predicted octanol–water partition coefficient (Wildman–Crippen LogP) is 3.78. The van der Waals surface area contributed by atoms with Crippen LogP contribution in [0.25, 0.3) is 0 Å². The van der Waals surface area contributed by atoms with Gasteiger partial charge in [-0.3, -0.25) is 0 Å². The smallest absolute Gasteiger partial charge is 0.0386 e. The normalized spacial score (nSPS) is 12.7. The van der Waals surface area contributed by atoms with Gasteiger partial charge in [-0.15, -0.1) is 0 Å². The molecule has 0 radical (unpaired) electrons. The molecule has 1 aromatic rings. The van der Waals surface area contributed by atoms with Gasteiger partial charge in [-0.1, -0.05) is 44.5 Å². The van der Waals surface area contributed by atoms with Crippen molar-refractivity contribution in [2.75, 3.05) is 11.5 Å². The summed E-state index contributed by atoms with van der Waals surface area (Å²) in [5.41, 5.74) is 8.88. The van der Waals surface area contributed by atoms with E-state index in [1.165, 1.54) is 29.7 Å². The number of nitrogens with two attached hydrogens (primary N) is 1. The van der Waals surface area contributed by atoms with Crippen LogP contribution in [0.5, 0.6) is 0 Å². The minimum atomic E-state index is 0.188. The average molecular weight is 237 g/mol. The van der Waals surface area contributed by atoms with Crippen molar-refractivity contribution in [1.29, 1.82) is 0 Å². The van der Waals surface area contributed by atoms with Crippen molar-refractivity contribution in [1.82, 2.24) is 0 Å². The highest BCUT2D eigenvalue weighted by molar-refractivity contribution is 7.99. The first-order chi connectivity index (χ1) is 7.77. The molecule has 16 heavy (non-hydrogen) atoms. The summed E-state index contributed by atoms with van der Waals surface area (Å²) in [7, 11) is 0. The molecule has 1 nitrogen and oxygen atoms in total. The molecule has 90 valence electrons. The Labute approximate surface area is 104 Å². The number of hydrogen-bond acceptors (Lipinski definition) is 2. The number of rotatable bonds is 7. The van der Waals surface area contributed by atoms with Gasteiger partial charge >= 0.3 is 0 Å². The van der Waals surface area contributed by atoms with Gasteiger partial charge < -0.3 is 5.73 Å². The van der Waals surface area contributed by atoms with E-state index in [0.717, 1.165) is 12.2 Å². The molecule has 0 fully saturated rings. The van der Waals surface area contributed by atoms with Gasteiger partial charge in [0.15, 0.2) is 0 Å². The van der Waals surface area contributed by atoms with Crippen molar-refractivity contribution in [3.8, 4) is 0 Å². The molecule has 0 saturated carbocycles. The highest BCUT2D eigenvalue weighted by Crippen LogP contribution is 2.18. The highest BCUT2D eigenvalue weighted by atomic mass is 32.2. The van der Waals surface area contributed by atoms with E-state index >= 15 is 0 Å². The first-order valence-corrected chi connectivity index (χ1v) is 7.35. The maximum Gasteiger partial charge on any atom is 0.0386 e. The lowest BCUT2D eigenvalue weighted by molar-refractivity contribution is 0.823. The fourth-order valence-corrected chi connectivity index (χ4v) is 2.62. The van der Waals surface area contributed by atoms with E-state index in [4.69, 9.17) is 5.73 Å². The summed E-state index contributed by atoms with van der Waals surface area (Å²) in [6, 6.07) is 8.92. The summed E-state index contributed by atoms with van der Waals surface area (Å²) >= 11 is 1.95. The highest BCUT2D eigenvalue weighted by Gasteiger charge is 2.06. The van der Waals surface area contributed by atoms with Crippen molar-refractivity contribution in [3.63, 3.8) is 0 Å². The van der Waals surface area contributed by atoms with Crippen molar-refractivity contribution in [2.45, 2.75) is 39.2 Å². The Hall–Kier alpha value is -0.470. The number of hydrogen-bond donors (Lipinski definition) is 1. The Kier molecular flexibility index (Phi) is 6.58. The van der Waals surface area contributed by atoms with Crippen molar-refractivity contribution < 1.29 is 0 Å². The van der Waals surface area contributed by atoms with E-state index in [9.17, 15) is 0 Å². The molecule has 2 N–H and O–H groups in total. The summed E-state index contributed by atoms with van der Waals surface area (Å²) in [6.07, 6.45) is 3.58. The summed E-state index contributed by atoms with van der Waals surface area (Å²) in [5, 5.41) is 0. The second kappa shape index (κ2) is 7.75. The largest absolute Gasteiger partial charge is 0.323 e. The fourth-order valence-electron chi connectivity index (χ4n) is 1.72. The van der Waals surface area contributed by atoms with Gasteiger partial charge in [0, 0.05) is 11.8 Å². The molecule has 1 rings (SSSR count). The predicted molar refractivity (Wildman–Crippen MR) is 75.0 cm³/mol. The third kappa shape index (κ3) is 4.58. The second-order valence-electron chi connectivity index (χ2n) is 4.18. The molecule has 0 aliphatic heterocycles. The molecular formula is C14H23NS. The van der Waals surface area contributed by atoms with E-state index in [1.54, 1.807) is 0 Å². The lowest BCUT2D eigenvalue weighted by Crippen LogP contribution is -2.13. The Balaban J connectivity index is 2.53. The summed E-state index contributed by atoms with van der Waals surface area (Å²) in [6.45, 7) is 4.42. The molecule has 0 spiro atoms. The maximum absolute atomic E-state index is 6.18. The quantitative estimate of drug-likeness (QED) is 0.730. The maximum atomic E-state index is 6.18. The van der Waals surface area contributed by atoms with Crippen LogP contribution in [0, 0.1) is 0 Å². The van der Waals surface area contributed by atoms with Crippen LogP contribution in [-0.4, -0.2) is 11.5 Å². The third-order valence-electron chi connectivity index (χ3n) is 2.56. The van der Waals surface area contributed by atoms with Gasteiger partial charge in [0.1, 0.15) is 0 Å². The molecule has 0 aliphatic carbocycles. The molecule has 1 atom stereocenters. The van der Waals surface area contributed by atoms with E-state index in [2.05, 4.69) is 38.1 Å². The standard InChI is InChI=1S/C14H23NS/c1-3-6-12-7-5-8-13(10-12)14(15)11-16-9-4-2/h5,7-8,10,14H,3-4,6,9,11,15H2,1-2H3. The van der Waals surface area contributed by atoms with E-state index in [0.29, 0.717) is 0 Å². The zero-order chi connectivity index (χ0) is 11.8. The molecular weight excluding hydrogens is 214 g/mol. The van der Waals surface area contributed by atoms with Crippen LogP contribution in [0.2, 0.25) is 0 Å². The van der Waals surface area contributed by atoms with Crippen LogP contribution in [0.1, 0.15) is 43.9 Å². The summed E-state index contributed by atoms with van der Waals surface area (Å²) in [5.74, 6) is 2.24. The molecule has 0 amide bonds. The lowest BCUT2D eigenvalue weighted by atomic mass is 10.0. The van der Waals surface area contributed by atoms with Crippen LogP contribution >= 0.6 is 11.8 Å². The third-order valence-corrected chi connectivity index (χ3v) is 3.86. The van der Waals surface area contributed by atoms with Gasteiger partial charge in [0.25, 0.3) is 0 Å². The van der Waals surface area contributed by atoms with Gasteiger partial charge in [-0.2, -0.15) is 11.8 Å². The van der Waals surface area contributed by atoms with Crippen molar-refractivity contribution in [3.05, 3.63) is 35.4 Å². The van der Waals surface area contributed by atoms with Crippen LogP contribution < -0.4 is 5.73 Å². The Morgan fingerprint density at radius 3 is 2.75 bits per heavy atom. The molecule has 0 saturated heterocycles. The Morgan fingerprint density at radius 2 is 2.06 bits per heavy atom. The molecule has 1 unspecified atom stereocenters. The topological polar surface area (TPSA) is 26.0 Å². The minimum Gasteiger partial charge on any atom is -0.323 e.